The van der Waals surface area contributed by atoms with Crippen LogP contribution in [0.5, 0.6) is 0 Å². The van der Waals surface area contributed by atoms with Crippen LogP contribution in [0.1, 0.15) is 47.5 Å². The average molecular weight is 432 g/mol. The number of rotatable bonds is 6. The third kappa shape index (κ3) is 3.62. The van der Waals surface area contributed by atoms with Gasteiger partial charge < -0.3 is 4.90 Å². The van der Waals surface area contributed by atoms with Gasteiger partial charge in [0.15, 0.2) is 5.82 Å². The minimum Gasteiger partial charge on any atom is -0.340 e. The number of H-pyrrole nitrogens is 1. The van der Waals surface area contributed by atoms with Crippen LogP contribution in [-0.2, 0) is 17.9 Å². The Morgan fingerprint density at radius 3 is 2.72 bits per heavy atom. The van der Waals surface area contributed by atoms with E-state index in [-0.39, 0.29) is 17.2 Å². The van der Waals surface area contributed by atoms with Crippen LogP contribution in [0.15, 0.2) is 42.7 Å². The Hall–Kier alpha value is -3.00. The first kappa shape index (κ1) is 19.7. The van der Waals surface area contributed by atoms with Crippen molar-refractivity contribution in [2.75, 3.05) is 26.2 Å². The van der Waals surface area contributed by atoms with Crippen molar-refractivity contribution in [3.05, 3.63) is 65.5 Å². The van der Waals surface area contributed by atoms with Crippen molar-refractivity contribution in [2.45, 2.75) is 44.7 Å². The first-order valence-corrected chi connectivity index (χ1v) is 11.5. The van der Waals surface area contributed by atoms with Gasteiger partial charge in [-0.05, 0) is 30.9 Å². The number of aryl methyl sites for hydroxylation is 1. The first-order valence-electron chi connectivity index (χ1n) is 11.5. The lowest BCUT2D eigenvalue weighted by Gasteiger charge is -2.50. The summed E-state index contributed by atoms with van der Waals surface area (Å²) < 4.78 is 1.73. The quantitative estimate of drug-likeness (QED) is 0.648. The molecule has 3 aliphatic rings. The molecule has 1 N–H and O–H groups in total. The van der Waals surface area contributed by atoms with Gasteiger partial charge in [0, 0.05) is 56.2 Å². The number of aromatic nitrogens is 5. The van der Waals surface area contributed by atoms with E-state index < -0.39 is 0 Å². The Morgan fingerprint density at radius 1 is 1.19 bits per heavy atom. The van der Waals surface area contributed by atoms with Gasteiger partial charge in [-0.1, -0.05) is 30.3 Å². The van der Waals surface area contributed by atoms with Crippen molar-refractivity contribution in [3.8, 4) is 0 Å². The zero-order chi connectivity index (χ0) is 21.7. The number of carbonyl (C=O) groups excluding carboxylic acids is 1. The lowest BCUT2D eigenvalue weighted by molar-refractivity contribution is -0.144. The van der Waals surface area contributed by atoms with Gasteiger partial charge in [0.2, 0.25) is 5.91 Å². The van der Waals surface area contributed by atoms with Crippen molar-refractivity contribution in [1.82, 2.24) is 34.8 Å². The predicted molar refractivity (Wildman–Crippen MR) is 119 cm³/mol. The molecule has 32 heavy (non-hydrogen) atoms. The molecule has 8 heteroatoms. The highest BCUT2D eigenvalue weighted by Gasteiger charge is 2.56. The molecule has 3 aromatic rings. The highest BCUT2D eigenvalue weighted by Crippen LogP contribution is 2.49. The summed E-state index contributed by atoms with van der Waals surface area (Å²) in [5.74, 6) is 2.91. The van der Waals surface area contributed by atoms with E-state index in [2.05, 4.69) is 50.5 Å². The van der Waals surface area contributed by atoms with Gasteiger partial charge in [-0.3, -0.25) is 19.5 Å². The standard InChI is InChI=1S/C24H29N7O/c1-17-9-25-31(10-17)13-21(32)30-15-24(16-30)14-29(11-18-5-3-2-4-6-18)12-20(24)23-26-22(27-28-23)19-7-8-19/h2-6,9-10,19-20H,7-8,11-16H2,1H3,(H,26,27,28). The Balaban J connectivity index is 1.19. The summed E-state index contributed by atoms with van der Waals surface area (Å²) in [6, 6.07) is 10.6. The third-order valence-electron chi connectivity index (χ3n) is 7.18. The van der Waals surface area contributed by atoms with Crippen LogP contribution in [0.4, 0.5) is 0 Å². The molecule has 1 aliphatic carbocycles. The normalized spacial score (nSPS) is 22.4. The number of amides is 1. The van der Waals surface area contributed by atoms with E-state index in [1.807, 2.05) is 18.0 Å². The lowest BCUT2D eigenvalue weighted by atomic mass is 9.71. The van der Waals surface area contributed by atoms with Gasteiger partial charge in [-0.15, -0.1) is 0 Å². The molecule has 3 fully saturated rings. The van der Waals surface area contributed by atoms with Crippen LogP contribution in [0.3, 0.4) is 0 Å². The van der Waals surface area contributed by atoms with E-state index in [1.54, 1.807) is 10.9 Å². The summed E-state index contributed by atoms with van der Waals surface area (Å²) in [6.07, 6.45) is 6.10. The minimum atomic E-state index is 0.0326. The molecule has 1 unspecified atom stereocenters. The second kappa shape index (κ2) is 7.55. The lowest BCUT2D eigenvalue weighted by Crippen LogP contribution is -2.62. The van der Waals surface area contributed by atoms with E-state index in [0.717, 1.165) is 49.9 Å². The highest BCUT2D eigenvalue weighted by molar-refractivity contribution is 5.77. The molecule has 2 saturated heterocycles. The van der Waals surface area contributed by atoms with Gasteiger partial charge in [0.1, 0.15) is 12.4 Å². The molecule has 0 radical (unpaired) electrons. The topological polar surface area (TPSA) is 82.9 Å². The molecule has 4 heterocycles. The largest absolute Gasteiger partial charge is 0.340 e. The SMILES string of the molecule is Cc1cnn(CC(=O)N2CC3(CN(Cc4ccccc4)CC3c3nc(C4CC4)n[nH]3)C2)c1. The van der Waals surface area contributed by atoms with E-state index in [4.69, 9.17) is 4.98 Å². The molecular formula is C24H29N7O. The molecule has 0 bridgehead atoms. The molecule has 8 nitrogen and oxygen atoms in total. The van der Waals surface area contributed by atoms with Crippen LogP contribution in [0.2, 0.25) is 0 Å². The fraction of sp³-hybridized carbons (Fsp3) is 0.500. The second-order valence-corrected chi connectivity index (χ2v) is 9.89. The Bertz CT molecular complexity index is 1110. The number of carbonyl (C=O) groups is 1. The maximum Gasteiger partial charge on any atom is 0.244 e. The summed E-state index contributed by atoms with van der Waals surface area (Å²) in [7, 11) is 0. The van der Waals surface area contributed by atoms with Crippen LogP contribution < -0.4 is 0 Å². The van der Waals surface area contributed by atoms with Gasteiger partial charge in [-0.2, -0.15) is 10.2 Å². The molecule has 2 aromatic heterocycles. The molecule has 1 aromatic carbocycles. The number of aromatic amines is 1. The molecular weight excluding hydrogens is 402 g/mol. The molecule has 2 aliphatic heterocycles. The molecule has 6 rings (SSSR count). The summed E-state index contributed by atoms with van der Waals surface area (Å²) in [4.78, 5) is 22.3. The predicted octanol–water partition coefficient (Wildman–Crippen LogP) is 2.32. The van der Waals surface area contributed by atoms with E-state index in [0.29, 0.717) is 12.5 Å². The highest BCUT2D eigenvalue weighted by atomic mass is 16.2. The summed E-state index contributed by atoms with van der Waals surface area (Å²) in [5, 5.41) is 12.0. The monoisotopic (exact) mass is 431 g/mol. The van der Waals surface area contributed by atoms with Crippen molar-refractivity contribution in [3.63, 3.8) is 0 Å². The Kier molecular flexibility index (Phi) is 4.64. The zero-order valence-electron chi connectivity index (χ0n) is 18.4. The van der Waals surface area contributed by atoms with Crippen LogP contribution in [-0.4, -0.2) is 66.8 Å². The smallest absolute Gasteiger partial charge is 0.244 e. The number of nitrogens with one attached hydrogen (secondary N) is 1. The van der Waals surface area contributed by atoms with Crippen LogP contribution in [0, 0.1) is 12.3 Å². The number of hydrogen-bond acceptors (Lipinski definition) is 5. The van der Waals surface area contributed by atoms with E-state index in [1.165, 1.54) is 18.4 Å². The van der Waals surface area contributed by atoms with E-state index in [9.17, 15) is 4.79 Å². The summed E-state index contributed by atoms with van der Waals surface area (Å²) in [6.45, 7) is 6.65. The Morgan fingerprint density at radius 2 is 2.00 bits per heavy atom. The summed E-state index contributed by atoms with van der Waals surface area (Å²) in [5.41, 5.74) is 2.42. The van der Waals surface area contributed by atoms with Gasteiger partial charge in [0.25, 0.3) is 0 Å². The fourth-order valence-corrected chi connectivity index (χ4v) is 5.38. The molecule has 1 amide bonds. The first-order chi connectivity index (χ1) is 15.6. The van der Waals surface area contributed by atoms with Crippen LogP contribution >= 0.6 is 0 Å². The Labute approximate surface area is 187 Å². The van der Waals surface area contributed by atoms with Crippen molar-refractivity contribution in [1.29, 1.82) is 0 Å². The second-order valence-electron chi connectivity index (χ2n) is 9.89. The number of hydrogen-bond donors (Lipinski definition) is 1. The molecule has 1 spiro atoms. The fourth-order valence-electron chi connectivity index (χ4n) is 5.38. The van der Waals surface area contributed by atoms with Crippen LogP contribution in [0.25, 0.3) is 0 Å². The van der Waals surface area contributed by atoms with Gasteiger partial charge in [0.05, 0.1) is 6.20 Å². The van der Waals surface area contributed by atoms with Gasteiger partial charge in [-0.25, -0.2) is 4.98 Å². The number of likely N-dealkylation sites (tertiary alicyclic amines) is 2. The molecule has 1 atom stereocenters. The van der Waals surface area contributed by atoms with Crippen molar-refractivity contribution in [2.24, 2.45) is 5.41 Å². The third-order valence-corrected chi connectivity index (χ3v) is 7.18. The average Bonchev–Trinajstić information content (AvgIpc) is 3.16. The van der Waals surface area contributed by atoms with E-state index >= 15 is 0 Å². The van der Waals surface area contributed by atoms with Crippen molar-refractivity contribution >= 4 is 5.91 Å². The molecule has 166 valence electrons. The van der Waals surface area contributed by atoms with Gasteiger partial charge >= 0.3 is 0 Å². The minimum absolute atomic E-state index is 0.0326. The maximum absolute atomic E-state index is 12.9. The maximum atomic E-state index is 12.9. The zero-order valence-corrected chi connectivity index (χ0v) is 18.4. The number of nitrogens with zero attached hydrogens (tertiary/aromatic N) is 6. The van der Waals surface area contributed by atoms with Crippen molar-refractivity contribution < 1.29 is 4.79 Å². The number of benzene rings is 1. The molecule has 1 saturated carbocycles. The summed E-state index contributed by atoms with van der Waals surface area (Å²) >= 11 is 0.